The van der Waals surface area contributed by atoms with Gasteiger partial charge >= 0.3 is 0 Å². The second-order valence-electron chi connectivity index (χ2n) is 6.02. The molecule has 0 aliphatic carbocycles. The fraction of sp³-hybridized carbons (Fsp3) is 0.500. The van der Waals surface area contributed by atoms with Crippen molar-refractivity contribution in [2.45, 2.75) is 31.0 Å². The van der Waals surface area contributed by atoms with Gasteiger partial charge in [0.15, 0.2) is 0 Å². The van der Waals surface area contributed by atoms with Crippen molar-refractivity contribution in [3.8, 4) is 0 Å². The smallest absolute Gasteiger partial charge is 0.134 e. The van der Waals surface area contributed by atoms with Crippen LogP contribution in [0.15, 0.2) is 28.7 Å². The maximum absolute atomic E-state index is 6.38. The average molecular weight is 307 g/mol. The summed E-state index contributed by atoms with van der Waals surface area (Å²) >= 11 is 6.01. The number of furan rings is 1. The van der Waals surface area contributed by atoms with Gasteiger partial charge in [0.1, 0.15) is 11.3 Å². The minimum Gasteiger partial charge on any atom is -0.459 e. The molecule has 112 valence electrons. The minimum atomic E-state index is -0.238. The molecule has 21 heavy (non-hydrogen) atoms. The first-order valence-electron chi connectivity index (χ1n) is 7.51. The Morgan fingerprint density at radius 1 is 1.33 bits per heavy atom. The van der Waals surface area contributed by atoms with Gasteiger partial charge in [-0.05, 0) is 43.7 Å². The Hall–Kier alpha value is -1.07. The van der Waals surface area contributed by atoms with Crippen LogP contribution < -0.4 is 5.73 Å². The van der Waals surface area contributed by atoms with Gasteiger partial charge in [-0.15, -0.1) is 0 Å². The van der Waals surface area contributed by atoms with E-state index in [1.54, 1.807) is 0 Å². The normalized spacial score (nSPS) is 27.9. The minimum absolute atomic E-state index is 0.00427. The first kappa shape index (κ1) is 13.6. The van der Waals surface area contributed by atoms with E-state index in [9.17, 15) is 0 Å². The molecule has 4 rings (SSSR count). The number of benzene rings is 1. The first-order chi connectivity index (χ1) is 10.2. The highest BCUT2D eigenvalue weighted by molar-refractivity contribution is 6.31. The third-order valence-electron chi connectivity index (χ3n) is 4.64. The van der Waals surface area contributed by atoms with Crippen molar-refractivity contribution in [1.29, 1.82) is 0 Å². The number of hydrogen-bond acceptors (Lipinski definition) is 4. The average Bonchev–Trinajstić information content (AvgIpc) is 3.11. The van der Waals surface area contributed by atoms with Crippen LogP contribution in [0.1, 0.15) is 24.6 Å². The van der Waals surface area contributed by atoms with Crippen LogP contribution in [0.25, 0.3) is 11.0 Å². The van der Waals surface area contributed by atoms with Gasteiger partial charge in [0.25, 0.3) is 0 Å². The Morgan fingerprint density at radius 2 is 2.24 bits per heavy atom. The molecule has 2 saturated heterocycles. The highest BCUT2D eigenvalue weighted by Crippen LogP contribution is 2.31. The monoisotopic (exact) mass is 306 g/mol. The van der Waals surface area contributed by atoms with Crippen LogP contribution in [-0.4, -0.2) is 36.7 Å². The summed E-state index contributed by atoms with van der Waals surface area (Å²) in [6, 6.07) is 7.93. The van der Waals surface area contributed by atoms with E-state index in [1.165, 1.54) is 12.8 Å². The van der Waals surface area contributed by atoms with Gasteiger partial charge < -0.3 is 14.9 Å². The number of rotatable bonds is 2. The van der Waals surface area contributed by atoms with Crippen molar-refractivity contribution < 1.29 is 9.15 Å². The van der Waals surface area contributed by atoms with Crippen molar-refractivity contribution in [2.24, 2.45) is 5.73 Å². The molecule has 1 aromatic heterocycles. The Morgan fingerprint density at radius 3 is 3.14 bits per heavy atom. The zero-order chi connectivity index (χ0) is 14.4. The van der Waals surface area contributed by atoms with E-state index in [0.29, 0.717) is 11.1 Å². The van der Waals surface area contributed by atoms with E-state index >= 15 is 0 Å². The van der Waals surface area contributed by atoms with Crippen LogP contribution in [-0.2, 0) is 4.74 Å². The Kier molecular flexibility index (Phi) is 3.42. The van der Waals surface area contributed by atoms with E-state index < -0.39 is 0 Å². The van der Waals surface area contributed by atoms with Crippen LogP contribution in [0.5, 0.6) is 0 Å². The Bertz CT molecular complexity index is 657. The number of morpholine rings is 1. The lowest BCUT2D eigenvalue weighted by atomic mass is 10.1. The van der Waals surface area contributed by atoms with Crippen LogP contribution >= 0.6 is 11.6 Å². The molecule has 5 heteroatoms. The Labute approximate surface area is 128 Å². The van der Waals surface area contributed by atoms with E-state index in [1.807, 2.05) is 24.3 Å². The highest BCUT2D eigenvalue weighted by atomic mass is 35.5. The molecule has 2 aliphatic rings. The van der Waals surface area contributed by atoms with Crippen molar-refractivity contribution in [1.82, 2.24) is 4.90 Å². The van der Waals surface area contributed by atoms with Crippen LogP contribution in [0.3, 0.4) is 0 Å². The largest absolute Gasteiger partial charge is 0.459 e. The van der Waals surface area contributed by atoms with Gasteiger partial charge in [-0.25, -0.2) is 0 Å². The summed E-state index contributed by atoms with van der Waals surface area (Å²) in [4.78, 5) is 2.49. The zero-order valence-electron chi connectivity index (χ0n) is 11.8. The lowest BCUT2D eigenvalue weighted by molar-refractivity contribution is -0.0620. The molecule has 3 atom stereocenters. The molecule has 3 heterocycles. The van der Waals surface area contributed by atoms with Crippen LogP contribution in [0.4, 0.5) is 0 Å². The number of nitrogens with two attached hydrogens (primary N) is 1. The summed E-state index contributed by atoms with van der Waals surface area (Å²) in [5.41, 5.74) is 7.20. The predicted molar refractivity (Wildman–Crippen MR) is 82.5 cm³/mol. The van der Waals surface area contributed by atoms with Gasteiger partial charge in [0, 0.05) is 23.0 Å². The Balaban J connectivity index is 1.56. The number of fused-ring (bicyclic) bond motifs is 2. The molecular formula is C16H19ClN2O2. The molecule has 0 radical (unpaired) electrons. The number of hydrogen-bond donors (Lipinski definition) is 1. The van der Waals surface area contributed by atoms with E-state index in [0.717, 1.165) is 36.4 Å². The molecule has 0 spiro atoms. The van der Waals surface area contributed by atoms with Crippen molar-refractivity contribution >= 4 is 22.6 Å². The summed E-state index contributed by atoms with van der Waals surface area (Å²) in [7, 11) is 0. The summed E-state index contributed by atoms with van der Waals surface area (Å²) < 4.78 is 11.8. The quantitative estimate of drug-likeness (QED) is 0.927. The predicted octanol–water partition coefficient (Wildman–Crippen LogP) is 2.95. The summed E-state index contributed by atoms with van der Waals surface area (Å²) in [6.45, 7) is 2.83. The van der Waals surface area contributed by atoms with Crippen molar-refractivity contribution in [3.63, 3.8) is 0 Å². The summed E-state index contributed by atoms with van der Waals surface area (Å²) in [5, 5.41) is 1.69. The number of ether oxygens (including phenoxy) is 1. The molecule has 2 aromatic rings. The SMILES string of the molecule is NC(c1cc2cc(Cl)ccc2o1)C1CN2CCCC2CO1. The van der Waals surface area contributed by atoms with Crippen LogP contribution in [0, 0.1) is 0 Å². The summed E-state index contributed by atoms with van der Waals surface area (Å²) in [6.07, 6.45) is 2.50. The maximum Gasteiger partial charge on any atom is 0.134 e. The van der Waals surface area contributed by atoms with Crippen LogP contribution in [0.2, 0.25) is 5.02 Å². The third-order valence-corrected chi connectivity index (χ3v) is 4.88. The second-order valence-corrected chi connectivity index (χ2v) is 6.46. The lowest BCUT2D eigenvalue weighted by Gasteiger charge is -2.37. The molecule has 3 unspecified atom stereocenters. The van der Waals surface area contributed by atoms with Gasteiger partial charge in [0.2, 0.25) is 0 Å². The molecule has 1 aromatic carbocycles. The fourth-order valence-electron chi connectivity index (χ4n) is 3.44. The van der Waals surface area contributed by atoms with Crippen molar-refractivity contribution in [3.05, 3.63) is 35.0 Å². The van der Waals surface area contributed by atoms with E-state index in [-0.39, 0.29) is 12.1 Å². The molecule has 4 nitrogen and oxygen atoms in total. The van der Waals surface area contributed by atoms with E-state index in [2.05, 4.69) is 4.90 Å². The molecule has 2 fully saturated rings. The van der Waals surface area contributed by atoms with E-state index in [4.69, 9.17) is 26.5 Å². The lowest BCUT2D eigenvalue weighted by Crippen LogP contribution is -2.49. The fourth-order valence-corrected chi connectivity index (χ4v) is 3.62. The highest BCUT2D eigenvalue weighted by Gasteiger charge is 2.36. The number of nitrogens with zero attached hydrogens (tertiary/aromatic N) is 1. The summed E-state index contributed by atoms with van der Waals surface area (Å²) in [5.74, 6) is 0.773. The molecular weight excluding hydrogens is 288 g/mol. The third kappa shape index (κ3) is 2.46. The molecule has 2 N–H and O–H groups in total. The topological polar surface area (TPSA) is 51.6 Å². The van der Waals surface area contributed by atoms with Gasteiger partial charge in [0.05, 0.1) is 18.8 Å². The molecule has 0 saturated carbocycles. The molecule has 0 amide bonds. The number of halogens is 1. The van der Waals surface area contributed by atoms with Gasteiger partial charge in [-0.2, -0.15) is 0 Å². The first-order valence-corrected chi connectivity index (χ1v) is 7.89. The van der Waals surface area contributed by atoms with Gasteiger partial charge in [-0.1, -0.05) is 11.6 Å². The second kappa shape index (κ2) is 5.29. The zero-order valence-corrected chi connectivity index (χ0v) is 12.6. The molecule has 2 aliphatic heterocycles. The standard InChI is InChI=1S/C16H19ClN2O2/c17-11-3-4-13-10(6-11)7-14(21-13)16(18)15-8-19-5-1-2-12(19)9-20-15/h3-4,6-7,12,15-16H,1-2,5,8-9,18H2. The maximum atomic E-state index is 6.38. The van der Waals surface area contributed by atoms with Gasteiger partial charge in [-0.3, -0.25) is 4.90 Å². The van der Waals surface area contributed by atoms with Crippen molar-refractivity contribution in [2.75, 3.05) is 19.7 Å². The molecule has 0 bridgehead atoms.